The second-order valence-electron chi connectivity index (χ2n) is 1.94. The van der Waals surface area contributed by atoms with Gasteiger partial charge in [-0.3, -0.25) is 14.1 Å². The molecule has 74 valence electrons. The van der Waals surface area contributed by atoms with Crippen LogP contribution in [0.15, 0.2) is 0 Å². The minimum atomic E-state index is -4.84. The summed E-state index contributed by atoms with van der Waals surface area (Å²) in [4.78, 5) is 20.0. The number of aliphatic carboxylic acids is 2. The third-order valence-corrected chi connectivity index (χ3v) is 2.08. The Bertz CT molecular complexity index is 302. The summed E-state index contributed by atoms with van der Waals surface area (Å²) in [7, 11) is -4.84. The van der Waals surface area contributed by atoms with Crippen molar-refractivity contribution in [1.29, 1.82) is 0 Å². The predicted octanol–water partition coefficient (Wildman–Crippen LogP) is -1.35. The van der Waals surface area contributed by atoms with E-state index >= 15 is 0 Å². The van der Waals surface area contributed by atoms with Gasteiger partial charge in [-0.1, -0.05) is 0 Å². The molecule has 9 heteroatoms. The summed E-state index contributed by atoms with van der Waals surface area (Å²) in [6.45, 7) is 0. The molecule has 0 aliphatic rings. The van der Waals surface area contributed by atoms with Gasteiger partial charge in [0.1, 0.15) is 0 Å². The van der Waals surface area contributed by atoms with Crippen LogP contribution in [0.2, 0.25) is 0 Å². The van der Waals surface area contributed by atoms with E-state index in [1.807, 2.05) is 0 Å². The number of hydrogen-bond donors (Lipinski definition) is 3. The standard InChI is InChI=1S/C4H6O7S.Ca.2H/c5-3(6)1-2(4(7)8)12(9,10)11;;;/h2H,1H2,(H,5,6)(H,7,8)(H,9,10,11);;;/q;+2;2*-1. The maximum Gasteiger partial charge on any atom is 2.00 e. The van der Waals surface area contributed by atoms with Crippen molar-refractivity contribution in [1.82, 2.24) is 0 Å². The summed E-state index contributed by atoms with van der Waals surface area (Å²) < 4.78 is 28.7. The van der Waals surface area contributed by atoms with E-state index < -0.39 is 33.7 Å². The van der Waals surface area contributed by atoms with Gasteiger partial charge in [-0.05, 0) is 0 Å². The molecule has 0 heterocycles. The van der Waals surface area contributed by atoms with Gasteiger partial charge in [0.15, 0.2) is 5.25 Å². The zero-order chi connectivity index (χ0) is 9.94. The maximum atomic E-state index is 10.2. The molecule has 0 rings (SSSR count). The van der Waals surface area contributed by atoms with Crippen LogP contribution >= 0.6 is 0 Å². The van der Waals surface area contributed by atoms with Crippen LogP contribution in [0.5, 0.6) is 0 Å². The van der Waals surface area contributed by atoms with Gasteiger partial charge in [-0.2, -0.15) is 8.42 Å². The first-order chi connectivity index (χ1) is 5.25. The minimum absolute atomic E-state index is 0. The number of carboxylic acid groups (broad SMARTS) is 2. The normalized spacial score (nSPS) is 12.7. The summed E-state index contributed by atoms with van der Waals surface area (Å²) in [6, 6.07) is 0. The van der Waals surface area contributed by atoms with E-state index in [1.165, 1.54) is 0 Å². The molecular weight excluding hydrogens is 232 g/mol. The molecule has 7 nitrogen and oxygen atoms in total. The van der Waals surface area contributed by atoms with Crippen molar-refractivity contribution in [3.8, 4) is 0 Å². The summed E-state index contributed by atoms with van der Waals surface area (Å²) in [5.41, 5.74) is 0. The molecule has 0 aliphatic carbocycles. The van der Waals surface area contributed by atoms with Gasteiger partial charge >= 0.3 is 49.7 Å². The van der Waals surface area contributed by atoms with Crippen LogP contribution in [0, 0.1) is 0 Å². The van der Waals surface area contributed by atoms with E-state index in [1.54, 1.807) is 0 Å². The number of carboxylic acids is 2. The Morgan fingerprint density at radius 1 is 1.31 bits per heavy atom. The van der Waals surface area contributed by atoms with Gasteiger partial charge in [-0.25, -0.2) is 0 Å². The van der Waals surface area contributed by atoms with Crippen molar-refractivity contribution in [2.45, 2.75) is 11.7 Å². The van der Waals surface area contributed by atoms with E-state index in [-0.39, 0.29) is 40.6 Å². The van der Waals surface area contributed by atoms with E-state index in [2.05, 4.69) is 0 Å². The second kappa shape index (κ2) is 5.76. The third kappa shape index (κ3) is 6.22. The summed E-state index contributed by atoms with van der Waals surface area (Å²) in [5, 5.41) is 13.9. The molecule has 13 heavy (non-hydrogen) atoms. The first-order valence-electron chi connectivity index (χ1n) is 2.66. The zero-order valence-electron chi connectivity index (χ0n) is 8.37. The van der Waals surface area contributed by atoms with Crippen LogP contribution in [0.25, 0.3) is 0 Å². The van der Waals surface area contributed by atoms with Gasteiger partial charge in [-0.15, -0.1) is 0 Å². The fourth-order valence-electron chi connectivity index (χ4n) is 0.479. The molecule has 0 saturated heterocycles. The summed E-state index contributed by atoms with van der Waals surface area (Å²) in [5.74, 6) is -3.50. The molecule has 0 saturated carbocycles. The molecule has 0 bridgehead atoms. The van der Waals surface area contributed by atoms with Crippen LogP contribution < -0.4 is 0 Å². The Balaban J connectivity index is -0.000000202. The Hall–Kier alpha value is 0.110. The van der Waals surface area contributed by atoms with Crippen LogP contribution in [0.3, 0.4) is 0 Å². The molecule has 0 fully saturated rings. The quantitative estimate of drug-likeness (QED) is 0.409. The minimum Gasteiger partial charge on any atom is -1.00 e. The van der Waals surface area contributed by atoms with Gasteiger partial charge in [0, 0.05) is 0 Å². The van der Waals surface area contributed by atoms with Crippen molar-refractivity contribution in [3.05, 3.63) is 0 Å². The van der Waals surface area contributed by atoms with Crippen LogP contribution in [-0.4, -0.2) is 78.1 Å². The van der Waals surface area contributed by atoms with Crippen molar-refractivity contribution in [2.75, 3.05) is 0 Å². The van der Waals surface area contributed by atoms with Crippen molar-refractivity contribution < 1.29 is 35.6 Å². The average Bonchev–Trinajstić information content (AvgIpc) is 1.79. The van der Waals surface area contributed by atoms with Crippen molar-refractivity contribution >= 4 is 59.8 Å². The fraction of sp³-hybridized carbons (Fsp3) is 0.500. The third-order valence-electron chi connectivity index (χ3n) is 0.995. The Kier molecular flexibility index (Phi) is 6.90. The smallest absolute Gasteiger partial charge is 1.00 e. The van der Waals surface area contributed by atoms with Crippen LogP contribution in [0.4, 0.5) is 0 Å². The van der Waals surface area contributed by atoms with E-state index in [0.717, 1.165) is 0 Å². The summed E-state index contributed by atoms with van der Waals surface area (Å²) in [6.07, 6.45) is -1.16. The summed E-state index contributed by atoms with van der Waals surface area (Å²) >= 11 is 0. The molecule has 1 unspecified atom stereocenters. The molecular formula is C4H8CaO7S. The Labute approximate surface area is 106 Å². The van der Waals surface area contributed by atoms with Gasteiger partial charge < -0.3 is 13.1 Å². The van der Waals surface area contributed by atoms with Gasteiger partial charge in [0.05, 0.1) is 6.42 Å². The van der Waals surface area contributed by atoms with Gasteiger partial charge in [0.2, 0.25) is 0 Å². The monoisotopic (exact) mass is 240 g/mol. The molecule has 0 amide bonds. The first-order valence-corrected chi connectivity index (χ1v) is 4.16. The Morgan fingerprint density at radius 3 is 1.77 bits per heavy atom. The van der Waals surface area contributed by atoms with E-state index in [0.29, 0.717) is 0 Å². The first kappa shape index (κ1) is 15.6. The predicted molar refractivity (Wildman–Crippen MR) is 43.2 cm³/mol. The molecule has 0 spiro atoms. The average molecular weight is 240 g/mol. The molecule has 1 atom stereocenters. The zero-order valence-corrected chi connectivity index (χ0v) is 9.40. The topological polar surface area (TPSA) is 129 Å². The SMILES string of the molecule is O=C(O)CC(C(=O)O)S(=O)(=O)O.[Ca+2].[H-].[H-]. The molecule has 0 aromatic heterocycles. The number of hydrogen-bond acceptors (Lipinski definition) is 4. The van der Waals surface area contributed by atoms with Crippen molar-refractivity contribution in [3.63, 3.8) is 0 Å². The molecule has 0 aliphatic heterocycles. The van der Waals surface area contributed by atoms with Crippen LogP contribution in [0.1, 0.15) is 9.27 Å². The number of carbonyl (C=O) groups is 2. The number of rotatable bonds is 4. The second-order valence-corrected chi connectivity index (χ2v) is 3.54. The molecule has 0 radical (unpaired) electrons. The van der Waals surface area contributed by atoms with Crippen LogP contribution in [-0.2, 0) is 19.7 Å². The van der Waals surface area contributed by atoms with E-state index in [4.69, 9.17) is 14.8 Å². The van der Waals surface area contributed by atoms with Crippen molar-refractivity contribution in [2.24, 2.45) is 0 Å². The fourth-order valence-corrected chi connectivity index (χ4v) is 1.09. The van der Waals surface area contributed by atoms with E-state index in [9.17, 15) is 18.0 Å². The molecule has 0 aromatic rings. The molecule has 0 aromatic carbocycles. The maximum absolute atomic E-state index is 10.2. The largest absolute Gasteiger partial charge is 2.00 e. The molecule has 3 N–H and O–H groups in total. The van der Waals surface area contributed by atoms with Gasteiger partial charge in [0.25, 0.3) is 10.1 Å². The Morgan fingerprint density at radius 2 is 1.69 bits per heavy atom.